The van der Waals surface area contributed by atoms with Crippen molar-refractivity contribution in [2.75, 3.05) is 19.0 Å². The first kappa shape index (κ1) is 13.2. The van der Waals surface area contributed by atoms with Gasteiger partial charge >= 0.3 is 0 Å². The maximum Gasteiger partial charge on any atom is 0.121 e. The topological polar surface area (TPSA) is 41.5 Å². The molecule has 100 valence electrons. The summed E-state index contributed by atoms with van der Waals surface area (Å²) in [5.41, 5.74) is 2.31. The average molecular weight is 249 g/mol. The van der Waals surface area contributed by atoms with Crippen LogP contribution in [0.2, 0.25) is 0 Å². The van der Waals surface area contributed by atoms with Crippen molar-refractivity contribution >= 4 is 5.69 Å². The lowest BCUT2D eigenvalue weighted by Gasteiger charge is -2.25. The second-order valence-electron chi connectivity index (χ2n) is 5.24. The fourth-order valence-corrected chi connectivity index (χ4v) is 2.60. The summed E-state index contributed by atoms with van der Waals surface area (Å²) >= 11 is 0. The van der Waals surface area contributed by atoms with Gasteiger partial charge in [0.15, 0.2) is 0 Å². The van der Waals surface area contributed by atoms with E-state index in [0.717, 1.165) is 49.2 Å². The van der Waals surface area contributed by atoms with Gasteiger partial charge in [0.2, 0.25) is 0 Å². The zero-order chi connectivity index (χ0) is 13.0. The van der Waals surface area contributed by atoms with Crippen molar-refractivity contribution in [1.29, 1.82) is 0 Å². The van der Waals surface area contributed by atoms with E-state index in [1.54, 1.807) is 7.11 Å². The minimum atomic E-state index is -0.0653. The molecular weight excluding hydrogens is 226 g/mol. The lowest BCUT2D eigenvalue weighted by molar-refractivity contribution is 0.111. The molecule has 0 aromatic heterocycles. The minimum absolute atomic E-state index is 0.0653. The van der Waals surface area contributed by atoms with Gasteiger partial charge in [0.05, 0.1) is 13.2 Å². The van der Waals surface area contributed by atoms with Gasteiger partial charge in [-0.2, -0.15) is 0 Å². The molecule has 1 saturated carbocycles. The molecule has 3 nitrogen and oxygen atoms in total. The van der Waals surface area contributed by atoms with Crippen molar-refractivity contribution in [3.8, 4) is 5.75 Å². The molecule has 0 bridgehead atoms. The van der Waals surface area contributed by atoms with Gasteiger partial charge in [0, 0.05) is 12.2 Å². The summed E-state index contributed by atoms with van der Waals surface area (Å²) in [4.78, 5) is 0. The molecule has 0 radical (unpaired) electrons. The molecule has 1 fully saturated rings. The van der Waals surface area contributed by atoms with Crippen LogP contribution in [0.15, 0.2) is 18.2 Å². The average Bonchev–Trinajstić information content (AvgIpc) is 2.38. The van der Waals surface area contributed by atoms with E-state index in [4.69, 9.17) is 4.74 Å². The van der Waals surface area contributed by atoms with E-state index in [1.165, 1.54) is 0 Å². The molecule has 1 aliphatic carbocycles. The zero-order valence-electron chi connectivity index (χ0n) is 11.3. The molecule has 2 N–H and O–H groups in total. The molecule has 0 heterocycles. The van der Waals surface area contributed by atoms with Crippen molar-refractivity contribution in [3.63, 3.8) is 0 Å². The van der Waals surface area contributed by atoms with Crippen LogP contribution in [0.4, 0.5) is 5.69 Å². The van der Waals surface area contributed by atoms with Gasteiger partial charge in [0.25, 0.3) is 0 Å². The highest BCUT2D eigenvalue weighted by Crippen LogP contribution is 2.26. The van der Waals surface area contributed by atoms with E-state index in [1.807, 2.05) is 6.07 Å². The van der Waals surface area contributed by atoms with Gasteiger partial charge in [-0.15, -0.1) is 0 Å². The number of aliphatic hydroxyl groups is 1. The number of methoxy groups -OCH3 is 1. The molecule has 0 atom stereocenters. The van der Waals surface area contributed by atoms with Crippen LogP contribution in [0.25, 0.3) is 0 Å². The maximum atomic E-state index is 9.47. The van der Waals surface area contributed by atoms with Crippen molar-refractivity contribution in [2.45, 2.75) is 38.7 Å². The van der Waals surface area contributed by atoms with E-state index in [-0.39, 0.29) is 6.10 Å². The molecule has 0 aliphatic heterocycles. The summed E-state index contributed by atoms with van der Waals surface area (Å²) in [5.74, 6) is 1.62. The Hall–Kier alpha value is -1.22. The van der Waals surface area contributed by atoms with Crippen LogP contribution in [0.3, 0.4) is 0 Å². The lowest BCUT2D eigenvalue weighted by Crippen LogP contribution is -2.23. The Morgan fingerprint density at radius 3 is 2.61 bits per heavy atom. The Bertz CT molecular complexity index is 384. The Morgan fingerprint density at radius 1 is 1.28 bits per heavy atom. The molecule has 1 aromatic carbocycles. The summed E-state index contributed by atoms with van der Waals surface area (Å²) < 4.78 is 5.25. The Morgan fingerprint density at radius 2 is 2.00 bits per heavy atom. The largest absolute Gasteiger partial charge is 0.496 e. The molecule has 3 heteroatoms. The second kappa shape index (κ2) is 6.10. The van der Waals surface area contributed by atoms with Crippen LogP contribution in [0, 0.1) is 12.8 Å². The Labute approximate surface area is 109 Å². The van der Waals surface area contributed by atoms with Crippen LogP contribution in [0.5, 0.6) is 5.75 Å². The first-order chi connectivity index (χ1) is 8.69. The molecule has 1 aromatic rings. The summed E-state index contributed by atoms with van der Waals surface area (Å²) in [6.45, 7) is 3.06. The predicted molar refractivity (Wildman–Crippen MR) is 74.2 cm³/mol. The van der Waals surface area contributed by atoms with Gasteiger partial charge < -0.3 is 15.2 Å². The van der Waals surface area contributed by atoms with Crippen LogP contribution in [-0.2, 0) is 0 Å². The molecule has 0 unspecified atom stereocenters. The number of hydrogen-bond acceptors (Lipinski definition) is 3. The summed E-state index contributed by atoms with van der Waals surface area (Å²) in [6.07, 6.45) is 4.10. The van der Waals surface area contributed by atoms with Gasteiger partial charge in [-0.25, -0.2) is 0 Å². The van der Waals surface area contributed by atoms with Crippen LogP contribution in [0.1, 0.15) is 31.2 Å². The minimum Gasteiger partial charge on any atom is -0.496 e. The highest BCUT2D eigenvalue weighted by atomic mass is 16.5. The third-order valence-electron chi connectivity index (χ3n) is 3.81. The van der Waals surface area contributed by atoms with E-state index in [9.17, 15) is 5.11 Å². The number of benzene rings is 1. The second-order valence-corrected chi connectivity index (χ2v) is 5.24. The quantitative estimate of drug-likeness (QED) is 0.862. The molecule has 1 aliphatic rings. The van der Waals surface area contributed by atoms with Crippen LogP contribution < -0.4 is 10.1 Å². The first-order valence-corrected chi connectivity index (χ1v) is 6.75. The van der Waals surface area contributed by atoms with Gasteiger partial charge in [-0.3, -0.25) is 0 Å². The highest BCUT2D eigenvalue weighted by Gasteiger charge is 2.18. The number of rotatable bonds is 4. The normalized spacial score (nSPS) is 23.7. The Kier molecular flexibility index (Phi) is 4.48. The predicted octanol–water partition coefficient (Wildman–Crippen LogP) is 2.97. The SMILES string of the molecule is COc1ccc(NCC2CCC(O)CC2)cc1C. The molecular formula is C15H23NO2. The molecule has 0 amide bonds. The number of ether oxygens (including phenoxy) is 1. The fourth-order valence-electron chi connectivity index (χ4n) is 2.60. The van der Waals surface area contributed by atoms with E-state index in [0.29, 0.717) is 5.92 Å². The molecule has 0 spiro atoms. The van der Waals surface area contributed by atoms with Crippen LogP contribution in [-0.4, -0.2) is 24.9 Å². The van der Waals surface area contributed by atoms with Crippen molar-refractivity contribution in [2.24, 2.45) is 5.92 Å². The third-order valence-corrected chi connectivity index (χ3v) is 3.81. The number of aliphatic hydroxyl groups excluding tert-OH is 1. The van der Waals surface area contributed by atoms with Crippen molar-refractivity contribution in [3.05, 3.63) is 23.8 Å². The summed E-state index contributed by atoms with van der Waals surface area (Å²) in [7, 11) is 1.70. The Balaban J connectivity index is 1.84. The van der Waals surface area contributed by atoms with Gasteiger partial charge in [0.1, 0.15) is 5.75 Å². The van der Waals surface area contributed by atoms with E-state index < -0.39 is 0 Å². The third kappa shape index (κ3) is 3.39. The van der Waals surface area contributed by atoms with Crippen molar-refractivity contribution < 1.29 is 9.84 Å². The van der Waals surface area contributed by atoms with Crippen LogP contribution >= 0.6 is 0 Å². The summed E-state index contributed by atoms with van der Waals surface area (Å²) in [5, 5.41) is 13.0. The van der Waals surface area contributed by atoms with Crippen molar-refractivity contribution in [1.82, 2.24) is 0 Å². The number of aryl methyl sites for hydroxylation is 1. The lowest BCUT2D eigenvalue weighted by atomic mass is 9.87. The van der Waals surface area contributed by atoms with Gasteiger partial charge in [-0.05, 0) is 62.3 Å². The van der Waals surface area contributed by atoms with Gasteiger partial charge in [-0.1, -0.05) is 0 Å². The fraction of sp³-hybridized carbons (Fsp3) is 0.600. The number of anilines is 1. The monoisotopic (exact) mass is 249 g/mol. The molecule has 2 rings (SSSR count). The number of hydrogen-bond donors (Lipinski definition) is 2. The van der Waals surface area contributed by atoms with E-state index in [2.05, 4.69) is 24.4 Å². The standard InChI is InChI=1S/C15H23NO2/c1-11-9-13(5-8-15(11)18-2)16-10-12-3-6-14(17)7-4-12/h5,8-9,12,14,16-17H,3-4,6-7,10H2,1-2H3. The summed E-state index contributed by atoms with van der Waals surface area (Å²) in [6, 6.07) is 6.18. The maximum absolute atomic E-state index is 9.47. The zero-order valence-corrected chi connectivity index (χ0v) is 11.3. The highest BCUT2D eigenvalue weighted by molar-refractivity contribution is 5.50. The van der Waals surface area contributed by atoms with E-state index >= 15 is 0 Å². The molecule has 18 heavy (non-hydrogen) atoms. The smallest absolute Gasteiger partial charge is 0.121 e. The number of nitrogens with one attached hydrogen (secondary N) is 1. The first-order valence-electron chi connectivity index (χ1n) is 6.75. The molecule has 0 saturated heterocycles.